The van der Waals surface area contributed by atoms with Crippen molar-refractivity contribution in [2.24, 2.45) is 0 Å². The minimum atomic E-state index is -0.821. The van der Waals surface area contributed by atoms with Crippen LogP contribution in [-0.2, 0) is 11.2 Å². The number of carboxylic acids is 1. The Morgan fingerprint density at radius 3 is 2.87 bits per heavy atom. The van der Waals surface area contributed by atoms with Crippen LogP contribution in [0.2, 0.25) is 5.02 Å². The number of aliphatic carboxylic acids is 1. The van der Waals surface area contributed by atoms with Crippen molar-refractivity contribution in [1.82, 2.24) is 20.1 Å². The Labute approximate surface area is 176 Å². The Balaban J connectivity index is 1.58. The van der Waals surface area contributed by atoms with Crippen LogP contribution in [0.4, 0.5) is 0 Å². The second kappa shape index (κ2) is 8.16. The fourth-order valence-corrected chi connectivity index (χ4v) is 3.30. The monoisotopic (exact) mass is 426 g/mol. The summed E-state index contributed by atoms with van der Waals surface area (Å²) in [7, 11) is 0. The molecule has 3 aromatic heterocycles. The number of nitrogens with zero attached hydrogens (tertiary/aromatic N) is 3. The lowest BCUT2D eigenvalue weighted by Crippen LogP contribution is -2.07. The molecule has 9 heteroatoms. The van der Waals surface area contributed by atoms with Crippen LogP contribution in [0.25, 0.3) is 33.7 Å². The van der Waals surface area contributed by atoms with Gasteiger partial charge >= 0.3 is 5.97 Å². The normalized spacial score (nSPS) is 11.3. The van der Waals surface area contributed by atoms with Gasteiger partial charge in [-0.3, -0.25) is 4.79 Å². The maximum Gasteiger partial charge on any atom is 0.303 e. The number of fused-ring (bicyclic) bond motifs is 1. The van der Waals surface area contributed by atoms with Crippen molar-refractivity contribution in [3.8, 4) is 28.7 Å². The number of hydrogen-bond acceptors (Lipinski definition) is 6. The van der Waals surface area contributed by atoms with Crippen molar-refractivity contribution in [2.75, 3.05) is 0 Å². The molecule has 0 aliphatic heterocycles. The van der Waals surface area contributed by atoms with Gasteiger partial charge in [-0.2, -0.15) is 4.98 Å². The summed E-state index contributed by atoms with van der Waals surface area (Å²) in [6.07, 6.45) is 3.91. The van der Waals surface area contributed by atoms with Gasteiger partial charge in [0.25, 0.3) is 5.89 Å². The van der Waals surface area contributed by atoms with E-state index in [0.717, 1.165) is 22.0 Å². The number of carbonyl (C=O) groups is 1. The van der Waals surface area contributed by atoms with Gasteiger partial charge in [-0.1, -0.05) is 28.9 Å². The second-order valence-electron chi connectivity index (χ2n) is 7.07. The van der Waals surface area contributed by atoms with E-state index in [1.54, 1.807) is 12.3 Å². The number of pyridine rings is 1. The van der Waals surface area contributed by atoms with E-state index in [9.17, 15) is 4.79 Å². The van der Waals surface area contributed by atoms with Gasteiger partial charge < -0.3 is 19.4 Å². The van der Waals surface area contributed by atoms with E-state index < -0.39 is 5.97 Å². The van der Waals surface area contributed by atoms with Gasteiger partial charge in [0.05, 0.1) is 11.7 Å². The SMILES string of the molecule is CC(C)Oc1ncc(-c2nc(-c3ccc4c(CCC(=O)O)c[nH]c4c3)no2)cc1Cl. The highest BCUT2D eigenvalue weighted by Gasteiger charge is 2.15. The number of aryl methyl sites for hydroxylation is 1. The van der Waals surface area contributed by atoms with E-state index in [-0.39, 0.29) is 12.5 Å². The predicted molar refractivity (Wildman–Crippen MR) is 112 cm³/mol. The maximum atomic E-state index is 10.8. The molecule has 0 spiro atoms. The highest BCUT2D eigenvalue weighted by atomic mass is 35.5. The number of hydrogen-bond donors (Lipinski definition) is 2. The van der Waals surface area contributed by atoms with Crippen LogP contribution in [0.5, 0.6) is 5.88 Å². The van der Waals surface area contributed by atoms with Gasteiger partial charge in [-0.05, 0) is 38.0 Å². The van der Waals surface area contributed by atoms with Crippen molar-refractivity contribution in [1.29, 1.82) is 0 Å². The number of carboxylic acid groups (broad SMARTS) is 1. The molecular formula is C21H19ClN4O4. The summed E-state index contributed by atoms with van der Waals surface area (Å²) < 4.78 is 10.9. The molecule has 0 saturated carbocycles. The molecule has 154 valence electrons. The lowest BCUT2D eigenvalue weighted by atomic mass is 10.1. The van der Waals surface area contributed by atoms with Gasteiger partial charge in [-0.15, -0.1) is 0 Å². The van der Waals surface area contributed by atoms with Crippen LogP contribution in [-0.4, -0.2) is 37.3 Å². The fraction of sp³-hybridized carbons (Fsp3) is 0.238. The van der Waals surface area contributed by atoms with Gasteiger partial charge in [0.1, 0.15) is 5.02 Å². The number of halogens is 1. The van der Waals surface area contributed by atoms with Crippen LogP contribution in [0, 0.1) is 0 Å². The molecule has 2 N–H and O–H groups in total. The van der Waals surface area contributed by atoms with Crippen molar-refractivity contribution >= 4 is 28.5 Å². The second-order valence-corrected chi connectivity index (χ2v) is 7.48. The Morgan fingerprint density at radius 2 is 2.13 bits per heavy atom. The molecule has 4 rings (SSSR count). The number of aromatic nitrogens is 4. The minimum Gasteiger partial charge on any atom is -0.481 e. The fourth-order valence-electron chi connectivity index (χ4n) is 3.08. The van der Waals surface area contributed by atoms with E-state index in [4.69, 9.17) is 26.0 Å². The number of rotatable bonds is 7. The van der Waals surface area contributed by atoms with E-state index in [2.05, 4.69) is 20.1 Å². The van der Waals surface area contributed by atoms with Gasteiger partial charge in [0.2, 0.25) is 11.7 Å². The first-order valence-electron chi connectivity index (χ1n) is 9.39. The van der Waals surface area contributed by atoms with Crippen LogP contribution in [0.15, 0.2) is 41.2 Å². The minimum absolute atomic E-state index is 0.0385. The van der Waals surface area contributed by atoms with E-state index in [1.807, 2.05) is 38.2 Å². The lowest BCUT2D eigenvalue weighted by molar-refractivity contribution is -0.136. The average Bonchev–Trinajstić information content (AvgIpc) is 3.34. The van der Waals surface area contributed by atoms with Crippen molar-refractivity contribution in [3.63, 3.8) is 0 Å². The molecule has 0 aliphatic rings. The summed E-state index contributed by atoms with van der Waals surface area (Å²) in [6.45, 7) is 3.79. The highest BCUT2D eigenvalue weighted by Crippen LogP contribution is 2.30. The molecule has 0 fully saturated rings. The zero-order valence-electron chi connectivity index (χ0n) is 16.3. The molecular weight excluding hydrogens is 408 g/mol. The summed E-state index contributed by atoms with van der Waals surface area (Å²) in [5, 5.41) is 14.3. The van der Waals surface area contributed by atoms with Crippen LogP contribution in [0.3, 0.4) is 0 Å². The smallest absolute Gasteiger partial charge is 0.303 e. The molecule has 8 nitrogen and oxygen atoms in total. The molecule has 4 aromatic rings. The average molecular weight is 427 g/mol. The topological polar surface area (TPSA) is 114 Å². The van der Waals surface area contributed by atoms with Gasteiger partial charge in [-0.25, -0.2) is 4.98 Å². The zero-order valence-corrected chi connectivity index (χ0v) is 17.1. The molecule has 0 aliphatic carbocycles. The van der Waals surface area contributed by atoms with Crippen LogP contribution >= 0.6 is 11.6 Å². The number of ether oxygens (including phenoxy) is 1. The summed E-state index contributed by atoms with van der Waals surface area (Å²) in [6, 6.07) is 7.37. The molecule has 3 heterocycles. The third-order valence-electron chi connectivity index (χ3n) is 4.46. The third-order valence-corrected chi connectivity index (χ3v) is 4.73. The standard InChI is InChI=1S/C21H19ClN4O4/c1-11(2)29-21-16(22)7-14(10-24-21)20-25-19(26-30-20)12-3-5-15-13(4-6-18(27)28)9-23-17(15)8-12/h3,5,7-11,23H,4,6H2,1-2H3,(H,27,28). The predicted octanol–water partition coefficient (Wildman–Crippen LogP) is 4.74. The Hall–Kier alpha value is -3.39. The summed E-state index contributed by atoms with van der Waals surface area (Å²) in [4.78, 5) is 22.7. The van der Waals surface area contributed by atoms with E-state index in [0.29, 0.717) is 34.6 Å². The first-order chi connectivity index (χ1) is 14.4. The lowest BCUT2D eigenvalue weighted by Gasteiger charge is -2.09. The molecule has 0 saturated heterocycles. The van der Waals surface area contributed by atoms with Crippen LogP contribution in [0.1, 0.15) is 25.8 Å². The number of aromatic amines is 1. The summed E-state index contributed by atoms with van der Waals surface area (Å²) in [5.41, 5.74) is 3.19. The molecule has 0 radical (unpaired) electrons. The Bertz CT molecular complexity index is 1210. The molecule has 0 bridgehead atoms. The molecule has 0 unspecified atom stereocenters. The van der Waals surface area contributed by atoms with Crippen molar-refractivity contribution < 1.29 is 19.2 Å². The van der Waals surface area contributed by atoms with Gasteiger partial charge in [0.15, 0.2) is 0 Å². The maximum absolute atomic E-state index is 10.8. The quantitative estimate of drug-likeness (QED) is 0.438. The Morgan fingerprint density at radius 1 is 1.30 bits per heavy atom. The number of H-pyrrole nitrogens is 1. The molecule has 30 heavy (non-hydrogen) atoms. The van der Waals surface area contributed by atoms with Crippen molar-refractivity contribution in [3.05, 3.63) is 47.2 Å². The number of benzene rings is 1. The molecule has 0 amide bonds. The largest absolute Gasteiger partial charge is 0.481 e. The van der Waals surface area contributed by atoms with E-state index in [1.165, 1.54) is 0 Å². The first kappa shape index (κ1) is 19.9. The Kier molecular flexibility index (Phi) is 5.41. The first-order valence-corrected chi connectivity index (χ1v) is 9.77. The van der Waals surface area contributed by atoms with Gasteiger partial charge in [0, 0.05) is 35.3 Å². The summed E-state index contributed by atoms with van der Waals surface area (Å²) in [5.74, 6) is 0.251. The van der Waals surface area contributed by atoms with E-state index >= 15 is 0 Å². The highest BCUT2D eigenvalue weighted by molar-refractivity contribution is 6.32. The molecule has 0 atom stereocenters. The summed E-state index contributed by atoms with van der Waals surface area (Å²) >= 11 is 6.24. The molecule has 1 aromatic carbocycles. The zero-order chi connectivity index (χ0) is 21.3. The third kappa shape index (κ3) is 4.13. The number of nitrogens with one attached hydrogen (secondary N) is 1. The van der Waals surface area contributed by atoms with Crippen molar-refractivity contribution in [2.45, 2.75) is 32.8 Å². The van der Waals surface area contributed by atoms with Crippen LogP contribution < -0.4 is 4.74 Å².